The molecule has 1 atom stereocenters. The molecule has 1 amide bonds. The molecule has 2 aromatic rings. The number of carbonyl (C=O) groups excluding carboxylic acids is 2. The summed E-state index contributed by atoms with van der Waals surface area (Å²) in [5, 5.41) is 12.5. The van der Waals surface area contributed by atoms with E-state index < -0.39 is 18.1 Å². The lowest BCUT2D eigenvalue weighted by molar-refractivity contribution is -0.145. The van der Waals surface area contributed by atoms with Gasteiger partial charge in [-0.05, 0) is 75.4 Å². The van der Waals surface area contributed by atoms with Crippen LogP contribution in [0.15, 0.2) is 42.5 Å². The molecule has 0 saturated carbocycles. The number of phenols is 1. The van der Waals surface area contributed by atoms with Gasteiger partial charge in [0.2, 0.25) is 0 Å². The van der Waals surface area contributed by atoms with E-state index >= 15 is 0 Å². The summed E-state index contributed by atoms with van der Waals surface area (Å²) in [6.45, 7) is 2.02. The van der Waals surface area contributed by atoms with E-state index in [-0.39, 0.29) is 25.4 Å². The molecule has 0 spiro atoms. The van der Waals surface area contributed by atoms with E-state index in [1.165, 1.54) is 0 Å². The number of hydrogen-bond acceptors (Lipinski definition) is 5. The average Bonchev–Trinajstić information content (AvgIpc) is 2.65. The van der Waals surface area contributed by atoms with Crippen molar-refractivity contribution in [3.63, 3.8) is 0 Å². The average molecular weight is 595 g/mol. The second-order valence-corrected chi connectivity index (χ2v) is 7.95. The lowest BCUT2D eigenvalue weighted by Gasteiger charge is -2.18. The van der Waals surface area contributed by atoms with Gasteiger partial charge in [0.05, 0.1) is 13.7 Å². The van der Waals surface area contributed by atoms with Crippen LogP contribution in [0, 0.1) is 7.14 Å². The van der Waals surface area contributed by atoms with Gasteiger partial charge in [-0.3, -0.25) is 0 Å². The lowest BCUT2D eigenvalue weighted by Crippen LogP contribution is -2.43. The minimum absolute atomic E-state index is 0.108. The first kappa shape index (κ1) is 21.7. The predicted octanol–water partition coefficient (Wildman–Crippen LogP) is 4.00. The van der Waals surface area contributed by atoms with Crippen LogP contribution in [0.5, 0.6) is 5.75 Å². The zero-order chi connectivity index (χ0) is 19.8. The fourth-order valence-corrected chi connectivity index (χ4v) is 4.21. The van der Waals surface area contributed by atoms with Gasteiger partial charge in [0.25, 0.3) is 0 Å². The Labute approximate surface area is 184 Å². The van der Waals surface area contributed by atoms with Crippen LogP contribution in [-0.4, -0.2) is 29.8 Å². The van der Waals surface area contributed by atoms with Crippen molar-refractivity contribution in [2.75, 3.05) is 6.61 Å². The van der Waals surface area contributed by atoms with Crippen molar-refractivity contribution < 1.29 is 24.2 Å². The van der Waals surface area contributed by atoms with Crippen molar-refractivity contribution in [2.45, 2.75) is 26.0 Å². The molecule has 0 aliphatic carbocycles. The van der Waals surface area contributed by atoms with Crippen molar-refractivity contribution >= 4 is 57.2 Å². The molecule has 1 unspecified atom stereocenters. The van der Waals surface area contributed by atoms with Crippen LogP contribution >= 0.6 is 45.2 Å². The van der Waals surface area contributed by atoms with Crippen LogP contribution < -0.4 is 5.32 Å². The molecule has 2 aromatic carbocycles. The third-order valence-electron chi connectivity index (χ3n) is 3.59. The van der Waals surface area contributed by atoms with Crippen LogP contribution in [-0.2, 0) is 27.3 Å². The second kappa shape index (κ2) is 10.7. The van der Waals surface area contributed by atoms with Gasteiger partial charge in [0.1, 0.15) is 18.4 Å². The molecule has 0 radical (unpaired) electrons. The van der Waals surface area contributed by atoms with Crippen molar-refractivity contribution in [3.05, 3.63) is 60.7 Å². The van der Waals surface area contributed by atoms with Gasteiger partial charge >= 0.3 is 12.1 Å². The van der Waals surface area contributed by atoms with E-state index in [2.05, 4.69) is 5.32 Å². The fraction of sp³-hybridized carbons (Fsp3) is 0.263. The van der Waals surface area contributed by atoms with E-state index in [9.17, 15) is 14.7 Å². The van der Waals surface area contributed by atoms with Gasteiger partial charge in [0, 0.05) is 6.42 Å². The molecule has 0 aliphatic heterocycles. The number of rotatable bonds is 7. The number of benzene rings is 2. The summed E-state index contributed by atoms with van der Waals surface area (Å²) in [6, 6.07) is 11.9. The molecule has 0 saturated heterocycles. The Hall–Kier alpha value is -1.56. The maximum Gasteiger partial charge on any atom is 0.408 e. The van der Waals surface area contributed by atoms with Crippen molar-refractivity contribution in [2.24, 2.45) is 0 Å². The molecule has 0 aromatic heterocycles. The number of nitrogens with one attached hydrogen (secondary N) is 1. The fourth-order valence-electron chi connectivity index (χ4n) is 2.31. The minimum Gasteiger partial charge on any atom is -0.506 e. The number of alkyl carbamates (subject to hydrolysis) is 1. The zero-order valence-electron chi connectivity index (χ0n) is 14.6. The van der Waals surface area contributed by atoms with E-state index in [1.54, 1.807) is 19.1 Å². The largest absolute Gasteiger partial charge is 0.506 e. The molecule has 0 fully saturated rings. The van der Waals surface area contributed by atoms with Crippen molar-refractivity contribution in [1.29, 1.82) is 0 Å². The van der Waals surface area contributed by atoms with Crippen LogP contribution in [0.4, 0.5) is 4.79 Å². The highest BCUT2D eigenvalue weighted by Gasteiger charge is 2.24. The van der Waals surface area contributed by atoms with Crippen LogP contribution in [0.25, 0.3) is 0 Å². The van der Waals surface area contributed by atoms with Gasteiger partial charge in [-0.25, -0.2) is 9.59 Å². The quantitative estimate of drug-likeness (QED) is 0.374. The van der Waals surface area contributed by atoms with E-state index in [0.717, 1.165) is 11.1 Å². The number of carbonyl (C=O) groups is 2. The number of esters is 1. The smallest absolute Gasteiger partial charge is 0.408 e. The first-order valence-electron chi connectivity index (χ1n) is 8.21. The van der Waals surface area contributed by atoms with Gasteiger partial charge in [-0.2, -0.15) is 0 Å². The molecule has 0 bridgehead atoms. The molecular formula is C19H19I2NO5. The van der Waals surface area contributed by atoms with Crippen LogP contribution in [0.3, 0.4) is 0 Å². The highest BCUT2D eigenvalue weighted by atomic mass is 127. The Morgan fingerprint density at radius 1 is 1.07 bits per heavy atom. The number of ether oxygens (including phenoxy) is 2. The summed E-state index contributed by atoms with van der Waals surface area (Å²) in [5.74, 6) is -0.338. The molecule has 0 heterocycles. The Bertz CT molecular complexity index is 775. The Morgan fingerprint density at radius 2 is 1.70 bits per heavy atom. The number of aromatic hydroxyl groups is 1. The van der Waals surface area contributed by atoms with Gasteiger partial charge in [0.15, 0.2) is 0 Å². The van der Waals surface area contributed by atoms with Gasteiger partial charge < -0.3 is 19.9 Å². The normalized spacial score (nSPS) is 11.5. The molecule has 144 valence electrons. The number of phenolic OH excluding ortho intramolecular Hbond substituents is 1. The van der Waals surface area contributed by atoms with Crippen molar-refractivity contribution in [1.82, 2.24) is 5.32 Å². The molecule has 8 heteroatoms. The maximum atomic E-state index is 12.2. The molecule has 2 N–H and O–H groups in total. The summed E-state index contributed by atoms with van der Waals surface area (Å²) >= 11 is 4.04. The first-order valence-corrected chi connectivity index (χ1v) is 10.4. The van der Waals surface area contributed by atoms with E-state index in [1.807, 2.05) is 75.5 Å². The standard InChI is InChI=1S/C19H19I2NO5/c1-2-26-18(24)16(10-13-8-14(20)17(23)15(21)9-13)22-19(25)27-11-12-6-4-3-5-7-12/h3-9,16,23H,2,10-11H2,1H3,(H,22,25). The van der Waals surface area contributed by atoms with E-state index in [0.29, 0.717) is 7.14 Å². The van der Waals surface area contributed by atoms with Crippen LogP contribution in [0.1, 0.15) is 18.1 Å². The second-order valence-electron chi connectivity index (χ2n) is 5.62. The predicted molar refractivity (Wildman–Crippen MR) is 117 cm³/mol. The zero-order valence-corrected chi connectivity index (χ0v) is 18.9. The monoisotopic (exact) mass is 595 g/mol. The third kappa shape index (κ3) is 6.83. The highest BCUT2D eigenvalue weighted by molar-refractivity contribution is 14.1. The molecule has 27 heavy (non-hydrogen) atoms. The summed E-state index contributed by atoms with van der Waals surface area (Å²) in [5.41, 5.74) is 1.64. The highest BCUT2D eigenvalue weighted by Crippen LogP contribution is 2.28. The molecule has 6 nitrogen and oxygen atoms in total. The van der Waals surface area contributed by atoms with E-state index in [4.69, 9.17) is 9.47 Å². The Kier molecular flexibility index (Phi) is 8.61. The number of amides is 1. The molecular weight excluding hydrogens is 576 g/mol. The third-order valence-corrected chi connectivity index (χ3v) is 5.24. The Balaban J connectivity index is 2.05. The van der Waals surface area contributed by atoms with Crippen LogP contribution in [0.2, 0.25) is 0 Å². The summed E-state index contributed by atoms with van der Waals surface area (Å²) < 4.78 is 11.6. The lowest BCUT2D eigenvalue weighted by atomic mass is 10.1. The van der Waals surface area contributed by atoms with Gasteiger partial charge in [-0.15, -0.1) is 0 Å². The van der Waals surface area contributed by atoms with Gasteiger partial charge in [-0.1, -0.05) is 30.3 Å². The Morgan fingerprint density at radius 3 is 2.30 bits per heavy atom. The summed E-state index contributed by atoms with van der Waals surface area (Å²) in [7, 11) is 0. The maximum absolute atomic E-state index is 12.2. The minimum atomic E-state index is -0.885. The van der Waals surface area contributed by atoms with Crippen molar-refractivity contribution in [3.8, 4) is 5.75 Å². The molecule has 0 aliphatic rings. The first-order chi connectivity index (χ1) is 12.9. The number of hydrogen-bond donors (Lipinski definition) is 2. The summed E-state index contributed by atoms with van der Waals surface area (Å²) in [6.07, 6.45) is -0.467. The SMILES string of the molecule is CCOC(=O)C(Cc1cc(I)c(O)c(I)c1)NC(=O)OCc1ccccc1. The number of halogens is 2. The molecule has 2 rings (SSSR count). The summed E-state index contributed by atoms with van der Waals surface area (Å²) in [4.78, 5) is 24.4. The topological polar surface area (TPSA) is 84.9 Å².